The van der Waals surface area contributed by atoms with Gasteiger partial charge in [0.1, 0.15) is 11.5 Å². The zero-order valence-electron chi connectivity index (χ0n) is 16.9. The third-order valence-electron chi connectivity index (χ3n) is 4.77. The summed E-state index contributed by atoms with van der Waals surface area (Å²) in [6.07, 6.45) is 1.57. The first-order chi connectivity index (χ1) is 14.5. The number of fused-ring (bicyclic) bond motifs is 1. The van der Waals surface area contributed by atoms with E-state index in [0.29, 0.717) is 23.4 Å². The van der Waals surface area contributed by atoms with Gasteiger partial charge in [0.05, 0.1) is 24.7 Å². The maximum Gasteiger partial charge on any atom is 0.277 e. The Hall–Kier alpha value is -3.26. The molecule has 0 atom stereocenters. The molecule has 0 aliphatic rings. The van der Waals surface area contributed by atoms with Crippen LogP contribution in [0.1, 0.15) is 11.3 Å². The molecular formula is C22H21N3O4S. The Kier molecular flexibility index (Phi) is 5.76. The van der Waals surface area contributed by atoms with E-state index in [1.165, 1.54) is 11.8 Å². The van der Waals surface area contributed by atoms with Gasteiger partial charge >= 0.3 is 0 Å². The van der Waals surface area contributed by atoms with E-state index in [9.17, 15) is 4.79 Å². The van der Waals surface area contributed by atoms with E-state index in [1.54, 1.807) is 31.4 Å². The van der Waals surface area contributed by atoms with Crippen LogP contribution in [0.5, 0.6) is 5.75 Å². The Morgan fingerprint density at radius 2 is 1.93 bits per heavy atom. The van der Waals surface area contributed by atoms with Gasteiger partial charge in [0.25, 0.3) is 11.1 Å². The van der Waals surface area contributed by atoms with E-state index >= 15 is 0 Å². The number of methoxy groups -OCH3 is 1. The van der Waals surface area contributed by atoms with Crippen molar-refractivity contribution in [3.63, 3.8) is 0 Å². The number of furan rings is 1. The largest absolute Gasteiger partial charge is 0.497 e. The first-order valence-corrected chi connectivity index (χ1v) is 10.3. The van der Waals surface area contributed by atoms with Crippen molar-refractivity contribution in [3.8, 4) is 17.2 Å². The van der Waals surface area contributed by atoms with E-state index < -0.39 is 0 Å². The molecule has 0 bridgehead atoms. The van der Waals surface area contributed by atoms with Crippen LogP contribution in [0.4, 0.5) is 0 Å². The van der Waals surface area contributed by atoms with Crippen molar-refractivity contribution in [2.75, 3.05) is 19.9 Å². The molecule has 2 heterocycles. The van der Waals surface area contributed by atoms with Crippen LogP contribution >= 0.6 is 11.8 Å². The lowest BCUT2D eigenvalue weighted by Crippen LogP contribution is -2.27. The number of ether oxygens (including phenoxy) is 1. The van der Waals surface area contributed by atoms with Crippen LogP contribution in [0.2, 0.25) is 0 Å². The molecule has 1 amide bonds. The van der Waals surface area contributed by atoms with E-state index in [1.807, 2.05) is 37.3 Å². The highest BCUT2D eigenvalue weighted by molar-refractivity contribution is 7.99. The van der Waals surface area contributed by atoms with Crippen molar-refractivity contribution >= 4 is 28.4 Å². The molecule has 0 saturated heterocycles. The minimum atomic E-state index is -0.0194. The van der Waals surface area contributed by atoms with Crippen LogP contribution in [-0.4, -0.2) is 40.9 Å². The van der Waals surface area contributed by atoms with Crippen molar-refractivity contribution in [3.05, 3.63) is 60.1 Å². The van der Waals surface area contributed by atoms with Crippen molar-refractivity contribution in [1.82, 2.24) is 15.1 Å². The standard InChI is InChI=1S/C22H21N3O4S/c1-14-19(8-9-28-14)21-23-24-22(29-21)30-13-20(26)25(2)12-15-4-5-17-11-18(27-3)7-6-16(17)10-15/h4-11H,12-13H2,1-3H3. The van der Waals surface area contributed by atoms with Crippen LogP contribution < -0.4 is 4.74 Å². The molecule has 8 heteroatoms. The van der Waals surface area contributed by atoms with Gasteiger partial charge in [-0.15, -0.1) is 10.2 Å². The average molecular weight is 423 g/mol. The Bertz CT molecular complexity index is 1180. The monoisotopic (exact) mass is 423 g/mol. The van der Waals surface area contributed by atoms with E-state index in [4.69, 9.17) is 13.6 Å². The number of amides is 1. The molecule has 0 aliphatic heterocycles. The molecule has 30 heavy (non-hydrogen) atoms. The van der Waals surface area contributed by atoms with Gasteiger partial charge in [0.15, 0.2) is 0 Å². The Labute approximate surface area is 178 Å². The van der Waals surface area contributed by atoms with Gasteiger partial charge in [0, 0.05) is 13.6 Å². The zero-order valence-corrected chi connectivity index (χ0v) is 17.7. The Morgan fingerprint density at radius 3 is 2.70 bits per heavy atom. The van der Waals surface area contributed by atoms with Gasteiger partial charge in [-0.05, 0) is 47.5 Å². The second-order valence-electron chi connectivity index (χ2n) is 6.85. The summed E-state index contributed by atoms with van der Waals surface area (Å²) in [7, 11) is 3.44. The predicted molar refractivity (Wildman–Crippen MR) is 114 cm³/mol. The van der Waals surface area contributed by atoms with Crippen LogP contribution in [0.25, 0.3) is 22.2 Å². The minimum Gasteiger partial charge on any atom is -0.497 e. The molecular weight excluding hydrogens is 402 g/mol. The molecule has 0 N–H and O–H groups in total. The third kappa shape index (κ3) is 4.33. The fraction of sp³-hybridized carbons (Fsp3) is 0.227. The smallest absolute Gasteiger partial charge is 0.277 e. The zero-order chi connectivity index (χ0) is 21.1. The van der Waals surface area contributed by atoms with Gasteiger partial charge in [-0.25, -0.2) is 0 Å². The highest BCUT2D eigenvalue weighted by Gasteiger charge is 2.16. The number of rotatable bonds is 7. The number of hydrogen-bond acceptors (Lipinski definition) is 7. The molecule has 0 radical (unpaired) electrons. The molecule has 0 fully saturated rings. The summed E-state index contributed by atoms with van der Waals surface area (Å²) in [5.74, 6) is 2.12. The molecule has 0 aliphatic carbocycles. The number of carbonyl (C=O) groups is 1. The SMILES string of the molecule is COc1ccc2cc(CN(C)C(=O)CSc3nnc(-c4ccoc4C)o3)ccc2c1. The van der Waals surface area contributed by atoms with Crippen LogP contribution in [-0.2, 0) is 11.3 Å². The quantitative estimate of drug-likeness (QED) is 0.403. The number of aryl methyl sites for hydroxylation is 1. The number of benzene rings is 2. The number of thioether (sulfide) groups is 1. The molecule has 4 aromatic rings. The van der Waals surface area contributed by atoms with Gasteiger partial charge in [0.2, 0.25) is 5.91 Å². The fourth-order valence-corrected chi connectivity index (χ4v) is 3.78. The second kappa shape index (κ2) is 8.62. The number of aromatic nitrogens is 2. The maximum atomic E-state index is 12.5. The van der Waals surface area contributed by atoms with Crippen LogP contribution in [0.15, 0.2) is 62.8 Å². The van der Waals surface area contributed by atoms with E-state index in [0.717, 1.165) is 27.6 Å². The molecule has 0 unspecified atom stereocenters. The Morgan fingerprint density at radius 1 is 1.13 bits per heavy atom. The summed E-state index contributed by atoms with van der Waals surface area (Å²) in [5.41, 5.74) is 1.82. The average Bonchev–Trinajstić information content (AvgIpc) is 3.40. The van der Waals surface area contributed by atoms with Crippen LogP contribution in [0, 0.1) is 6.92 Å². The summed E-state index contributed by atoms with van der Waals surface area (Å²) in [4.78, 5) is 14.2. The molecule has 4 rings (SSSR count). The highest BCUT2D eigenvalue weighted by Crippen LogP contribution is 2.26. The lowest BCUT2D eigenvalue weighted by molar-refractivity contribution is -0.127. The lowest BCUT2D eigenvalue weighted by Gasteiger charge is -2.17. The normalized spacial score (nSPS) is 11.0. The van der Waals surface area contributed by atoms with Gasteiger partial charge in [-0.1, -0.05) is 30.0 Å². The summed E-state index contributed by atoms with van der Waals surface area (Å²) < 4.78 is 16.1. The lowest BCUT2D eigenvalue weighted by atomic mass is 10.1. The minimum absolute atomic E-state index is 0.0194. The molecule has 2 aromatic heterocycles. The number of nitrogens with zero attached hydrogens (tertiary/aromatic N) is 3. The van der Waals surface area contributed by atoms with Crippen LogP contribution in [0.3, 0.4) is 0 Å². The molecule has 154 valence electrons. The number of carbonyl (C=O) groups excluding carboxylic acids is 1. The third-order valence-corrected chi connectivity index (χ3v) is 5.58. The summed E-state index contributed by atoms with van der Waals surface area (Å²) in [6.45, 7) is 2.35. The van der Waals surface area contributed by atoms with E-state index in [2.05, 4.69) is 16.3 Å². The highest BCUT2D eigenvalue weighted by atomic mass is 32.2. The predicted octanol–water partition coefficient (Wildman–Crippen LogP) is 4.55. The Balaban J connectivity index is 1.35. The molecule has 7 nitrogen and oxygen atoms in total. The van der Waals surface area contributed by atoms with E-state index in [-0.39, 0.29) is 11.7 Å². The fourth-order valence-electron chi connectivity index (χ4n) is 3.08. The molecule has 2 aromatic carbocycles. The van der Waals surface area contributed by atoms with Gasteiger partial charge < -0.3 is 18.5 Å². The molecule has 0 spiro atoms. The van der Waals surface area contributed by atoms with Crippen molar-refractivity contribution in [2.24, 2.45) is 0 Å². The summed E-state index contributed by atoms with van der Waals surface area (Å²) in [6, 6.07) is 13.9. The summed E-state index contributed by atoms with van der Waals surface area (Å²) >= 11 is 1.22. The summed E-state index contributed by atoms with van der Waals surface area (Å²) in [5, 5.41) is 10.6. The topological polar surface area (TPSA) is 81.6 Å². The number of hydrogen-bond donors (Lipinski definition) is 0. The van der Waals surface area contributed by atoms with Gasteiger partial charge in [-0.2, -0.15) is 0 Å². The molecule has 0 saturated carbocycles. The van der Waals surface area contributed by atoms with Gasteiger partial charge in [-0.3, -0.25) is 4.79 Å². The van der Waals surface area contributed by atoms with Crippen molar-refractivity contribution in [1.29, 1.82) is 0 Å². The van der Waals surface area contributed by atoms with Crippen molar-refractivity contribution < 1.29 is 18.4 Å². The first kappa shape index (κ1) is 20.0. The second-order valence-corrected chi connectivity index (χ2v) is 7.78. The van der Waals surface area contributed by atoms with Crippen molar-refractivity contribution in [2.45, 2.75) is 18.7 Å². The maximum absolute atomic E-state index is 12.5. The first-order valence-electron chi connectivity index (χ1n) is 9.35.